The van der Waals surface area contributed by atoms with Crippen molar-refractivity contribution in [3.63, 3.8) is 0 Å². The summed E-state index contributed by atoms with van der Waals surface area (Å²) in [4.78, 5) is 11.8. The molecule has 2 rings (SSSR count). The van der Waals surface area contributed by atoms with Crippen molar-refractivity contribution in [3.05, 3.63) is 48.0 Å². The Hall–Kier alpha value is -2.54. The highest BCUT2D eigenvalue weighted by Crippen LogP contribution is 2.35. The molecule has 6 nitrogen and oxygen atoms in total. The molecule has 0 bridgehead atoms. The number of carbonyl (C=O) groups is 1. The number of para-hydroxylation sites is 1. The molecule has 2 aromatic rings. The van der Waals surface area contributed by atoms with Crippen molar-refractivity contribution in [2.45, 2.75) is 18.2 Å². The summed E-state index contributed by atoms with van der Waals surface area (Å²) in [5.74, 6) is 0.426. The van der Waals surface area contributed by atoms with E-state index in [2.05, 4.69) is 0 Å². The number of carbonyl (C=O) groups excluding carboxylic acids is 1. The minimum absolute atomic E-state index is 0.197. The zero-order chi connectivity index (χ0) is 17.7. The third-order valence-corrected chi connectivity index (χ3v) is 4.30. The SMILES string of the molecule is CCCOc1c(Oc2ccc(S(C)(=O)=O)cc2)cccc1C(N)=O. The van der Waals surface area contributed by atoms with E-state index in [0.717, 1.165) is 12.7 Å². The van der Waals surface area contributed by atoms with Crippen LogP contribution in [-0.2, 0) is 9.84 Å². The molecule has 128 valence electrons. The lowest BCUT2D eigenvalue weighted by Gasteiger charge is -2.14. The summed E-state index contributed by atoms with van der Waals surface area (Å²) in [5, 5.41) is 0. The third-order valence-electron chi connectivity index (χ3n) is 3.17. The second-order valence-electron chi connectivity index (χ2n) is 5.19. The molecular weight excluding hydrogens is 330 g/mol. The van der Waals surface area contributed by atoms with Crippen molar-refractivity contribution in [1.29, 1.82) is 0 Å². The van der Waals surface area contributed by atoms with Gasteiger partial charge in [0.05, 0.1) is 17.1 Å². The van der Waals surface area contributed by atoms with Crippen LogP contribution in [0.4, 0.5) is 0 Å². The standard InChI is InChI=1S/C17H19NO5S/c1-3-11-22-16-14(17(18)19)5-4-6-15(16)23-12-7-9-13(10-8-12)24(2,20)21/h4-10H,3,11H2,1-2H3,(H2,18,19). The lowest BCUT2D eigenvalue weighted by Crippen LogP contribution is -2.13. The van der Waals surface area contributed by atoms with E-state index in [1.54, 1.807) is 18.2 Å². The number of nitrogens with two attached hydrogens (primary N) is 1. The molecule has 0 aromatic heterocycles. The Labute approximate surface area is 141 Å². The average molecular weight is 349 g/mol. The van der Waals surface area contributed by atoms with E-state index in [-0.39, 0.29) is 16.2 Å². The first-order chi connectivity index (χ1) is 11.3. The fraction of sp³-hybridized carbons (Fsp3) is 0.235. The summed E-state index contributed by atoms with van der Waals surface area (Å²) in [6.07, 6.45) is 1.89. The molecule has 0 unspecified atom stereocenters. The minimum Gasteiger partial charge on any atom is -0.489 e. The van der Waals surface area contributed by atoms with Gasteiger partial charge in [-0.25, -0.2) is 8.42 Å². The molecule has 0 radical (unpaired) electrons. The van der Waals surface area contributed by atoms with Crippen LogP contribution in [0.1, 0.15) is 23.7 Å². The number of hydrogen-bond acceptors (Lipinski definition) is 5. The van der Waals surface area contributed by atoms with Gasteiger partial charge in [-0.1, -0.05) is 13.0 Å². The second-order valence-corrected chi connectivity index (χ2v) is 7.21. The average Bonchev–Trinajstić information content (AvgIpc) is 2.53. The van der Waals surface area contributed by atoms with Gasteiger partial charge in [-0.3, -0.25) is 4.79 Å². The van der Waals surface area contributed by atoms with Gasteiger partial charge in [0.25, 0.3) is 5.91 Å². The van der Waals surface area contributed by atoms with Gasteiger partial charge in [0.15, 0.2) is 21.3 Å². The number of rotatable bonds is 7. The fourth-order valence-electron chi connectivity index (χ4n) is 2.03. The molecule has 0 spiro atoms. The molecule has 0 fully saturated rings. The Kier molecular flexibility index (Phi) is 5.46. The van der Waals surface area contributed by atoms with Crippen LogP contribution < -0.4 is 15.2 Å². The molecule has 0 heterocycles. The molecule has 0 saturated carbocycles. The molecular formula is C17H19NO5S. The number of primary amides is 1. The van der Waals surface area contributed by atoms with Crippen molar-refractivity contribution in [2.24, 2.45) is 5.73 Å². The van der Waals surface area contributed by atoms with Crippen molar-refractivity contribution in [2.75, 3.05) is 12.9 Å². The van der Waals surface area contributed by atoms with Crippen LogP contribution in [-0.4, -0.2) is 27.2 Å². The third kappa shape index (κ3) is 4.26. The zero-order valence-electron chi connectivity index (χ0n) is 13.5. The van der Waals surface area contributed by atoms with E-state index in [4.69, 9.17) is 15.2 Å². The Balaban J connectivity index is 2.35. The quantitative estimate of drug-likeness (QED) is 0.829. The van der Waals surface area contributed by atoms with Gasteiger partial charge in [0.2, 0.25) is 0 Å². The number of ether oxygens (including phenoxy) is 2. The first kappa shape index (κ1) is 17.8. The highest BCUT2D eigenvalue weighted by molar-refractivity contribution is 7.90. The number of amides is 1. The predicted octanol–water partition coefficient (Wildman–Crippen LogP) is 2.77. The van der Waals surface area contributed by atoms with Crippen LogP contribution in [0.25, 0.3) is 0 Å². The molecule has 1 amide bonds. The monoisotopic (exact) mass is 349 g/mol. The second kappa shape index (κ2) is 7.35. The summed E-state index contributed by atoms with van der Waals surface area (Å²) in [6, 6.07) is 10.8. The molecule has 0 atom stereocenters. The number of hydrogen-bond donors (Lipinski definition) is 1. The maximum atomic E-state index is 11.6. The molecule has 2 aromatic carbocycles. The minimum atomic E-state index is -3.27. The number of benzene rings is 2. The first-order valence-corrected chi connectivity index (χ1v) is 9.25. The van der Waals surface area contributed by atoms with Crippen molar-refractivity contribution in [3.8, 4) is 17.2 Å². The van der Waals surface area contributed by atoms with Gasteiger partial charge < -0.3 is 15.2 Å². The summed E-state index contributed by atoms with van der Waals surface area (Å²) < 4.78 is 34.3. The highest BCUT2D eigenvalue weighted by atomic mass is 32.2. The van der Waals surface area contributed by atoms with Crippen LogP contribution in [0.2, 0.25) is 0 Å². The van der Waals surface area contributed by atoms with Crippen LogP contribution >= 0.6 is 0 Å². The highest BCUT2D eigenvalue weighted by Gasteiger charge is 2.16. The summed E-state index contributed by atoms with van der Waals surface area (Å²) in [6.45, 7) is 2.35. The van der Waals surface area contributed by atoms with Gasteiger partial charge in [0.1, 0.15) is 5.75 Å². The molecule has 0 aliphatic carbocycles. The van der Waals surface area contributed by atoms with Crippen LogP contribution in [0.15, 0.2) is 47.4 Å². The van der Waals surface area contributed by atoms with Crippen LogP contribution in [0.3, 0.4) is 0 Å². The largest absolute Gasteiger partial charge is 0.489 e. The predicted molar refractivity (Wildman–Crippen MR) is 90.4 cm³/mol. The van der Waals surface area contributed by atoms with Crippen molar-refractivity contribution >= 4 is 15.7 Å². The van der Waals surface area contributed by atoms with E-state index in [0.29, 0.717) is 18.1 Å². The first-order valence-electron chi connectivity index (χ1n) is 7.36. The molecule has 24 heavy (non-hydrogen) atoms. The molecule has 0 aliphatic heterocycles. The fourth-order valence-corrected chi connectivity index (χ4v) is 2.66. The maximum absolute atomic E-state index is 11.6. The van der Waals surface area contributed by atoms with Gasteiger partial charge in [0, 0.05) is 6.26 Å². The van der Waals surface area contributed by atoms with Crippen LogP contribution in [0, 0.1) is 0 Å². The van der Waals surface area contributed by atoms with E-state index in [1.165, 1.54) is 24.3 Å². The van der Waals surface area contributed by atoms with Gasteiger partial charge in [-0.2, -0.15) is 0 Å². The Morgan fingerprint density at radius 1 is 1.12 bits per heavy atom. The van der Waals surface area contributed by atoms with E-state index < -0.39 is 15.7 Å². The van der Waals surface area contributed by atoms with E-state index >= 15 is 0 Å². The van der Waals surface area contributed by atoms with Gasteiger partial charge in [-0.05, 0) is 42.8 Å². The lowest BCUT2D eigenvalue weighted by atomic mass is 10.1. The normalized spacial score (nSPS) is 11.1. The summed E-state index contributed by atoms with van der Waals surface area (Å²) in [7, 11) is -3.27. The Morgan fingerprint density at radius 3 is 2.33 bits per heavy atom. The van der Waals surface area contributed by atoms with Crippen molar-refractivity contribution in [1.82, 2.24) is 0 Å². The Bertz CT molecular complexity index is 829. The van der Waals surface area contributed by atoms with Gasteiger partial charge in [-0.15, -0.1) is 0 Å². The summed E-state index contributed by atoms with van der Waals surface area (Å²) in [5.41, 5.74) is 5.61. The maximum Gasteiger partial charge on any atom is 0.252 e. The molecule has 0 aliphatic rings. The lowest BCUT2D eigenvalue weighted by molar-refractivity contribution is 0.0995. The van der Waals surface area contributed by atoms with Crippen LogP contribution in [0.5, 0.6) is 17.2 Å². The zero-order valence-corrected chi connectivity index (χ0v) is 14.3. The molecule has 7 heteroatoms. The smallest absolute Gasteiger partial charge is 0.252 e. The number of sulfone groups is 1. The van der Waals surface area contributed by atoms with E-state index in [1.807, 2.05) is 6.92 Å². The molecule has 2 N–H and O–H groups in total. The Morgan fingerprint density at radius 2 is 1.79 bits per heavy atom. The molecule has 0 saturated heterocycles. The summed E-state index contributed by atoms with van der Waals surface area (Å²) >= 11 is 0. The van der Waals surface area contributed by atoms with Crippen molar-refractivity contribution < 1.29 is 22.7 Å². The van der Waals surface area contributed by atoms with E-state index in [9.17, 15) is 13.2 Å². The van der Waals surface area contributed by atoms with Gasteiger partial charge >= 0.3 is 0 Å². The topological polar surface area (TPSA) is 95.7 Å².